The fourth-order valence-electron chi connectivity index (χ4n) is 3.66. The van der Waals surface area contributed by atoms with Crippen molar-refractivity contribution in [3.63, 3.8) is 0 Å². The van der Waals surface area contributed by atoms with Gasteiger partial charge in [0.2, 0.25) is 10.0 Å². The largest absolute Gasteiger partial charge is 0.346 e. The van der Waals surface area contributed by atoms with Gasteiger partial charge in [0.15, 0.2) is 0 Å². The first-order chi connectivity index (χ1) is 14.2. The Morgan fingerprint density at radius 3 is 2.30 bits per heavy atom. The van der Waals surface area contributed by atoms with E-state index in [1.165, 1.54) is 22.0 Å². The summed E-state index contributed by atoms with van der Waals surface area (Å²) in [6.07, 6.45) is 3.73. The number of carbonyl (C=O) groups excluding carboxylic acids is 1. The number of aryl methyl sites for hydroxylation is 2. The molecule has 1 atom stereocenters. The van der Waals surface area contributed by atoms with Crippen molar-refractivity contribution in [1.29, 1.82) is 0 Å². The molecule has 0 saturated carbocycles. The standard InChI is InChI=1S/C23H29ClN2O3S/c1-16-8-9-19(14-17(16)2)18(3)25-23(27)20-10-11-21(24)22(15-20)30(28,29)26-12-6-4-5-7-13-26/h8-11,14-15,18H,4-7,12-13H2,1-3H3,(H,25,27)/t18-/m1/s1. The minimum atomic E-state index is -3.74. The maximum atomic E-state index is 13.2. The van der Waals surface area contributed by atoms with E-state index in [1.807, 2.05) is 32.9 Å². The third kappa shape index (κ3) is 5.05. The number of hydrogen-bond acceptors (Lipinski definition) is 3. The Morgan fingerprint density at radius 1 is 1.00 bits per heavy atom. The molecule has 0 aromatic heterocycles. The van der Waals surface area contributed by atoms with Crippen LogP contribution in [0.2, 0.25) is 5.02 Å². The van der Waals surface area contributed by atoms with E-state index in [1.54, 1.807) is 6.07 Å². The van der Waals surface area contributed by atoms with Crippen LogP contribution < -0.4 is 5.32 Å². The molecule has 0 spiro atoms. The van der Waals surface area contributed by atoms with Gasteiger partial charge in [-0.05, 0) is 68.5 Å². The van der Waals surface area contributed by atoms with E-state index in [0.717, 1.165) is 36.8 Å². The molecule has 3 rings (SSSR count). The van der Waals surface area contributed by atoms with Crippen LogP contribution in [-0.4, -0.2) is 31.7 Å². The predicted molar refractivity (Wildman–Crippen MR) is 120 cm³/mol. The summed E-state index contributed by atoms with van der Waals surface area (Å²) in [6, 6.07) is 10.3. The van der Waals surface area contributed by atoms with Crippen LogP contribution in [0.5, 0.6) is 0 Å². The third-order valence-corrected chi connectivity index (χ3v) is 8.14. The molecule has 7 heteroatoms. The topological polar surface area (TPSA) is 66.5 Å². The number of halogens is 1. The van der Waals surface area contributed by atoms with Crippen LogP contribution in [0.3, 0.4) is 0 Å². The molecule has 5 nitrogen and oxygen atoms in total. The number of sulfonamides is 1. The van der Waals surface area contributed by atoms with Crippen LogP contribution in [0.25, 0.3) is 0 Å². The van der Waals surface area contributed by atoms with Crippen molar-refractivity contribution in [2.75, 3.05) is 13.1 Å². The summed E-state index contributed by atoms with van der Waals surface area (Å²) in [5, 5.41) is 3.09. The molecule has 1 amide bonds. The molecule has 2 aromatic rings. The lowest BCUT2D eigenvalue weighted by molar-refractivity contribution is 0.0939. The lowest BCUT2D eigenvalue weighted by Gasteiger charge is -2.21. The maximum absolute atomic E-state index is 13.2. The molecule has 1 N–H and O–H groups in total. The first-order valence-electron chi connectivity index (χ1n) is 10.4. The first kappa shape index (κ1) is 22.8. The summed E-state index contributed by atoms with van der Waals surface area (Å²) >= 11 is 6.24. The second kappa shape index (κ2) is 9.50. The summed E-state index contributed by atoms with van der Waals surface area (Å²) < 4.78 is 27.8. The highest BCUT2D eigenvalue weighted by Gasteiger charge is 2.28. The molecule has 1 aliphatic rings. The van der Waals surface area contributed by atoms with Crippen LogP contribution in [0.4, 0.5) is 0 Å². The average Bonchev–Trinajstić information content (AvgIpc) is 3.00. The molecule has 0 bridgehead atoms. The molecule has 1 heterocycles. The van der Waals surface area contributed by atoms with Crippen molar-refractivity contribution >= 4 is 27.5 Å². The highest BCUT2D eigenvalue weighted by atomic mass is 35.5. The Balaban J connectivity index is 1.83. The van der Waals surface area contributed by atoms with Gasteiger partial charge in [-0.1, -0.05) is 42.6 Å². The molecule has 1 aliphatic heterocycles. The Morgan fingerprint density at radius 2 is 1.67 bits per heavy atom. The van der Waals surface area contributed by atoms with Crippen LogP contribution in [0.15, 0.2) is 41.3 Å². The van der Waals surface area contributed by atoms with E-state index in [4.69, 9.17) is 11.6 Å². The molecule has 1 fully saturated rings. The minimum absolute atomic E-state index is 0.00227. The van der Waals surface area contributed by atoms with Crippen LogP contribution >= 0.6 is 11.6 Å². The minimum Gasteiger partial charge on any atom is -0.346 e. The Kier molecular flexibility index (Phi) is 7.22. The van der Waals surface area contributed by atoms with E-state index in [-0.39, 0.29) is 27.4 Å². The molecule has 2 aromatic carbocycles. The fraction of sp³-hybridized carbons (Fsp3) is 0.435. The molecular weight excluding hydrogens is 420 g/mol. The number of rotatable bonds is 5. The smallest absolute Gasteiger partial charge is 0.251 e. The number of amides is 1. The maximum Gasteiger partial charge on any atom is 0.251 e. The molecule has 0 unspecified atom stereocenters. The highest BCUT2D eigenvalue weighted by Crippen LogP contribution is 2.28. The fourth-order valence-corrected chi connectivity index (χ4v) is 5.68. The van der Waals surface area contributed by atoms with Gasteiger partial charge in [-0.25, -0.2) is 8.42 Å². The monoisotopic (exact) mass is 448 g/mol. The van der Waals surface area contributed by atoms with Gasteiger partial charge >= 0.3 is 0 Å². The number of nitrogens with zero attached hydrogens (tertiary/aromatic N) is 1. The van der Waals surface area contributed by atoms with Crippen molar-refractivity contribution in [3.05, 3.63) is 63.7 Å². The van der Waals surface area contributed by atoms with Gasteiger partial charge in [-0.3, -0.25) is 4.79 Å². The van der Waals surface area contributed by atoms with Gasteiger partial charge < -0.3 is 5.32 Å². The van der Waals surface area contributed by atoms with Gasteiger partial charge in [0.05, 0.1) is 11.1 Å². The molecule has 1 saturated heterocycles. The Hall–Kier alpha value is -1.89. The highest BCUT2D eigenvalue weighted by molar-refractivity contribution is 7.89. The van der Waals surface area contributed by atoms with Crippen LogP contribution in [0, 0.1) is 13.8 Å². The van der Waals surface area contributed by atoms with Crippen molar-refractivity contribution in [1.82, 2.24) is 9.62 Å². The summed E-state index contributed by atoms with van der Waals surface area (Å²) in [5.41, 5.74) is 3.63. The summed E-state index contributed by atoms with van der Waals surface area (Å²) in [7, 11) is -3.74. The Bertz CT molecular complexity index is 1030. The lowest BCUT2D eigenvalue weighted by Crippen LogP contribution is -2.32. The van der Waals surface area contributed by atoms with Gasteiger partial charge in [-0.15, -0.1) is 0 Å². The summed E-state index contributed by atoms with van der Waals surface area (Å²) in [6.45, 7) is 6.96. The SMILES string of the molecule is Cc1ccc([C@@H](C)NC(=O)c2ccc(Cl)c(S(=O)(=O)N3CCCCCC3)c2)cc1C. The van der Waals surface area contributed by atoms with Crippen molar-refractivity contribution in [2.24, 2.45) is 0 Å². The van der Waals surface area contributed by atoms with E-state index < -0.39 is 10.0 Å². The average molecular weight is 449 g/mol. The Labute approximate surface area is 184 Å². The quantitative estimate of drug-likeness (QED) is 0.698. The predicted octanol–water partition coefficient (Wildman–Crippen LogP) is 5.01. The summed E-state index contributed by atoms with van der Waals surface area (Å²) in [4.78, 5) is 12.8. The number of nitrogens with one attached hydrogen (secondary N) is 1. The van der Waals surface area contributed by atoms with Gasteiger partial charge in [-0.2, -0.15) is 4.31 Å². The van der Waals surface area contributed by atoms with Crippen LogP contribution in [0.1, 0.15) is 65.7 Å². The van der Waals surface area contributed by atoms with E-state index in [9.17, 15) is 13.2 Å². The second-order valence-corrected chi connectivity index (χ2v) is 10.3. The van der Waals surface area contributed by atoms with E-state index >= 15 is 0 Å². The molecule has 162 valence electrons. The molecular formula is C23H29ClN2O3S. The van der Waals surface area contributed by atoms with Crippen molar-refractivity contribution in [2.45, 2.75) is 57.4 Å². The second-order valence-electron chi connectivity index (χ2n) is 8.00. The van der Waals surface area contributed by atoms with Crippen molar-refractivity contribution in [3.8, 4) is 0 Å². The van der Waals surface area contributed by atoms with Gasteiger partial charge in [0.25, 0.3) is 5.91 Å². The zero-order valence-electron chi connectivity index (χ0n) is 17.7. The third-order valence-electron chi connectivity index (χ3n) is 5.75. The molecule has 0 aliphatic carbocycles. The van der Waals surface area contributed by atoms with E-state index in [2.05, 4.69) is 11.4 Å². The van der Waals surface area contributed by atoms with E-state index in [0.29, 0.717) is 13.1 Å². The van der Waals surface area contributed by atoms with Crippen molar-refractivity contribution < 1.29 is 13.2 Å². The number of benzene rings is 2. The van der Waals surface area contributed by atoms with Gasteiger partial charge in [0.1, 0.15) is 4.90 Å². The zero-order valence-corrected chi connectivity index (χ0v) is 19.3. The summed E-state index contributed by atoms with van der Waals surface area (Å²) in [5.74, 6) is -0.329. The molecule has 30 heavy (non-hydrogen) atoms. The first-order valence-corrected chi connectivity index (χ1v) is 12.2. The lowest BCUT2D eigenvalue weighted by atomic mass is 10.0. The zero-order chi connectivity index (χ0) is 21.9. The number of carbonyl (C=O) groups is 1. The van der Waals surface area contributed by atoms with Crippen LogP contribution in [-0.2, 0) is 10.0 Å². The number of hydrogen-bond donors (Lipinski definition) is 1. The molecule has 0 radical (unpaired) electrons. The van der Waals surface area contributed by atoms with Gasteiger partial charge in [0, 0.05) is 18.7 Å². The normalized spacial score (nSPS) is 16.7.